The summed E-state index contributed by atoms with van der Waals surface area (Å²) in [6.45, 7) is 7.35. The molecule has 2 atom stereocenters. The Hall–Kier alpha value is -3.27. The van der Waals surface area contributed by atoms with E-state index in [9.17, 15) is 13.2 Å². The summed E-state index contributed by atoms with van der Waals surface area (Å²) in [5, 5.41) is 4.07. The van der Waals surface area contributed by atoms with E-state index in [1.54, 1.807) is 19.9 Å². The minimum atomic E-state index is -4.48. The Labute approximate surface area is 201 Å². The number of anilines is 3. The highest BCUT2D eigenvalue weighted by Gasteiger charge is 2.31. The molecule has 0 saturated carbocycles. The summed E-state index contributed by atoms with van der Waals surface area (Å²) in [6.07, 6.45) is -3.44. The number of nitrogen functional groups attached to an aromatic ring is 1. The van der Waals surface area contributed by atoms with Crippen molar-refractivity contribution >= 4 is 28.1 Å². The second kappa shape index (κ2) is 9.07. The molecule has 0 amide bonds. The number of ether oxygens (including phenoxy) is 2. The van der Waals surface area contributed by atoms with Gasteiger partial charge in [0.2, 0.25) is 0 Å². The maximum atomic E-state index is 13.3. The molecule has 1 saturated heterocycles. The second-order valence-corrected chi connectivity index (χ2v) is 9.23. The van der Waals surface area contributed by atoms with Crippen molar-refractivity contribution in [1.29, 1.82) is 0 Å². The molecule has 3 heterocycles. The van der Waals surface area contributed by atoms with E-state index in [1.165, 1.54) is 0 Å². The summed E-state index contributed by atoms with van der Waals surface area (Å²) in [4.78, 5) is 11.5. The lowest BCUT2D eigenvalue weighted by Gasteiger charge is -2.33. The fraction of sp³-hybridized carbons (Fsp3) is 0.440. The van der Waals surface area contributed by atoms with Crippen LogP contribution in [0, 0.1) is 12.8 Å². The molecule has 3 aromatic rings. The smallest absolute Gasteiger partial charge is 0.416 e. The van der Waals surface area contributed by atoms with Gasteiger partial charge in [-0.2, -0.15) is 13.2 Å². The van der Waals surface area contributed by atoms with E-state index in [2.05, 4.69) is 20.2 Å². The summed E-state index contributed by atoms with van der Waals surface area (Å²) in [6, 6.07) is 7.05. The molecule has 0 radical (unpaired) electrons. The highest BCUT2D eigenvalue weighted by atomic mass is 19.4. The molecule has 2 aromatic carbocycles. The van der Waals surface area contributed by atoms with Gasteiger partial charge in [0.15, 0.2) is 0 Å². The Bertz CT molecular complexity index is 1240. The van der Waals surface area contributed by atoms with Crippen LogP contribution in [0.25, 0.3) is 10.9 Å². The molecular formula is C25H28F3N5O2. The van der Waals surface area contributed by atoms with Gasteiger partial charge in [0.1, 0.15) is 24.0 Å². The Morgan fingerprint density at radius 2 is 2.00 bits per heavy atom. The molecule has 3 N–H and O–H groups in total. The first-order valence-electron chi connectivity index (χ1n) is 11.7. The Morgan fingerprint density at radius 1 is 1.17 bits per heavy atom. The van der Waals surface area contributed by atoms with E-state index in [-0.39, 0.29) is 5.69 Å². The SMILES string of the molecule is Cc1nc(N[C@H](C)c2cc(N)cc(C(F)(F)F)c2)c2cc3c(cc2n1)OCCN3CC1CCOC1. The number of nitrogens with one attached hydrogen (secondary N) is 1. The lowest BCUT2D eigenvalue weighted by atomic mass is 10.0. The van der Waals surface area contributed by atoms with Crippen molar-refractivity contribution in [2.45, 2.75) is 32.5 Å². The Balaban J connectivity index is 1.50. The summed E-state index contributed by atoms with van der Waals surface area (Å²) in [5.41, 5.74) is 7.15. The summed E-state index contributed by atoms with van der Waals surface area (Å²) in [5.74, 6) is 2.33. The topological polar surface area (TPSA) is 85.5 Å². The van der Waals surface area contributed by atoms with Gasteiger partial charge >= 0.3 is 6.18 Å². The van der Waals surface area contributed by atoms with Crippen molar-refractivity contribution < 1.29 is 22.6 Å². The minimum absolute atomic E-state index is 0.0601. The number of benzene rings is 2. The Kier molecular flexibility index (Phi) is 6.08. The molecule has 5 rings (SSSR count). The lowest BCUT2D eigenvalue weighted by Crippen LogP contribution is -2.36. The van der Waals surface area contributed by atoms with Crippen LogP contribution in [-0.4, -0.2) is 42.9 Å². The fourth-order valence-corrected chi connectivity index (χ4v) is 4.73. The third kappa shape index (κ3) is 4.93. The van der Waals surface area contributed by atoms with Crippen molar-refractivity contribution in [2.24, 2.45) is 5.92 Å². The van der Waals surface area contributed by atoms with E-state index in [1.807, 2.05) is 12.1 Å². The van der Waals surface area contributed by atoms with Gasteiger partial charge in [-0.15, -0.1) is 0 Å². The van der Waals surface area contributed by atoms with E-state index >= 15 is 0 Å². The van der Waals surface area contributed by atoms with Crippen LogP contribution in [0.3, 0.4) is 0 Å². The highest BCUT2D eigenvalue weighted by Crippen LogP contribution is 2.39. The van der Waals surface area contributed by atoms with Gasteiger partial charge in [0, 0.05) is 36.2 Å². The zero-order valence-corrected chi connectivity index (χ0v) is 19.7. The number of rotatable bonds is 5. The molecule has 1 aromatic heterocycles. The van der Waals surface area contributed by atoms with Crippen LogP contribution in [0.5, 0.6) is 5.75 Å². The van der Waals surface area contributed by atoms with Crippen molar-refractivity contribution in [1.82, 2.24) is 9.97 Å². The highest BCUT2D eigenvalue weighted by molar-refractivity contribution is 5.94. The average molecular weight is 488 g/mol. The molecule has 1 fully saturated rings. The standard InChI is InChI=1S/C25H28F3N5O2/c1-14(17-7-18(25(26,27)28)9-19(29)8-17)30-24-20-10-22-23(11-21(20)31-15(2)32-24)35-6-4-33(22)12-16-3-5-34-13-16/h7-11,14,16H,3-6,12-13,29H2,1-2H3,(H,30,31,32)/t14-,16?/m1/s1. The normalized spacial score (nSPS) is 18.9. The van der Waals surface area contributed by atoms with Crippen LogP contribution >= 0.6 is 0 Å². The number of aryl methyl sites for hydroxylation is 1. The van der Waals surface area contributed by atoms with Crippen molar-refractivity contribution in [3.8, 4) is 5.75 Å². The number of nitrogens with zero attached hydrogens (tertiary/aromatic N) is 3. The first-order valence-corrected chi connectivity index (χ1v) is 11.7. The van der Waals surface area contributed by atoms with Gasteiger partial charge in [-0.25, -0.2) is 9.97 Å². The van der Waals surface area contributed by atoms with Gasteiger partial charge in [0.25, 0.3) is 0 Å². The molecule has 0 aliphatic carbocycles. The van der Waals surface area contributed by atoms with E-state index in [0.717, 1.165) is 61.7 Å². The van der Waals surface area contributed by atoms with Crippen LogP contribution < -0.4 is 20.7 Å². The average Bonchev–Trinajstić information content (AvgIpc) is 3.30. The van der Waals surface area contributed by atoms with Crippen LogP contribution in [0.2, 0.25) is 0 Å². The number of alkyl halides is 3. The minimum Gasteiger partial charge on any atom is -0.489 e. The summed E-state index contributed by atoms with van der Waals surface area (Å²) in [7, 11) is 0. The van der Waals surface area contributed by atoms with Crippen LogP contribution in [0.4, 0.5) is 30.4 Å². The fourth-order valence-electron chi connectivity index (χ4n) is 4.73. The van der Waals surface area contributed by atoms with Gasteiger partial charge in [-0.1, -0.05) is 0 Å². The molecule has 35 heavy (non-hydrogen) atoms. The van der Waals surface area contributed by atoms with Gasteiger partial charge in [-0.3, -0.25) is 0 Å². The predicted molar refractivity (Wildman–Crippen MR) is 129 cm³/mol. The van der Waals surface area contributed by atoms with Crippen LogP contribution in [0.1, 0.15) is 36.3 Å². The molecule has 7 nitrogen and oxygen atoms in total. The molecule has 2 aliphatic rings. The van der Waals surface area contributed by atoms with E-state index < -0.39 is 17.8 Å². The number of aromatic nitrogens is 2. The number of hydrogen-bond donors (Lipinski definition) is 2. The lowest BCUT2D eigenvalue weighted by molar-refractivity contribution is -0.137. The summed E-state index contributed by atoms with van der Waals surface area (Å²) >= 11 is 0. The predicted octanol–water partition coefficient (Wildman–Crippen LogP) is 4.95. The van der Waals surface area contributed by atoms with E-state index in [4.69, 9.17) is 15.2 Å². The van der Waals surface area contributed by atoms with Gasteiger partial charge in [0.05, 0.1) is 36.0 Å². The monoisotopic (exact) mass is 487 g/mol. The third-order valence-corrected chi connectivity index (χ3v) is 6.51. The van der Waals surface area contributed by atoms with Crippen LogP contribution in [-0.2, 0) is 10.9 Å². The largest absolute Gasteiger partial charge is 0.489 e. The zero-order chi connectivity index (χ0) is 24.7. The maximum Gasteiger partial charge on any atom is 0.416 e. The number of fused-ring (bicyclic) bond motifs is 2. The van der Waals surface area contributed by atoms with E-state index in [0.29, 0.717) is 35.2 Å². The Morgan fingerprint density at radius 3 is 2.74 bits per heavy atom. The molecule has 0 spiro atoms. The van der Waals surface area contributed by atoms with Gasteiger partial charge in [-0.05, 0) is 50.1 Å². The maximum absolute atomic E-state index is 13.3. The molecule has 10 heteroatoms. The van der Waals surface area contributed by atoms with Crippen molar-refractivity contribution in [3.05, 3.63) is 47.3 Å². The van der Waals surface area contributed by atoms with Crippen LogP contribution in [0.15, 0.2) is 30.3 Å². The second-order valence-electron chi connectivity index (χ2n) is 9.23. The molecule has 1 unspecified atom stereocenters. The molecule has 0 bridgehead atoms. The zero-order valence-electron chi connectivity index (χ0n) is 19.7. The van der Waals surface area contributed by atoms with Crippen molar-refractivity contribution in [2.75, 3.05) is 48.9 Å². The van der Waals surface area contributed by atoms with Crippen molar-refractivity contribution in [3.63, 3.8) is 0 Å². The number of hydrogen-bond acceptors (Lipinski definition) is 7. The first kappa shape index (κ1) is 23.5. The number of halogens is 3. The van der Waals surface area contributed by atoms with Gasteiger partial charge < -0.3 is 25.4 Å². The molecular weight excluding hydrogens is 459 g/mol. The first-order chi connectivity index (χ1) is 16.7. The quantitative estimate of drug-likeness (QED) is 0.493. The summed E-state index contributed by atoms with van der Waals surface area (Å²) < 4.78 is 51.4. The molecule has 2 aliphatic heterocycles. The third-order valence-electron chi connectivity index (χ3n) is 6.51. The number of nitrogens with two attached hydrogens (primary N) is 1. The molecule has 186 valence electrons.